The van der Waals surface area contributed by atoms with Crippen molar-refractivity contribution in [1.82, 2.24) is 0 Å². The lowest BCUT2D eigenvalue weighted by Crippen LogP contribution is -2.32. The van der Waals surface area contributed by atoms with Gasteiger partial charge in [0.25, 0.3) is 10.0 Å². The van der Waals surface area contributed by atoms with E-state index >= 15 is 0 Å². The predicted molar refractivity (Wildman–Crippen MR) is 111 cm³/mol. The molecule has 0 unspecified atom stereocenters. The Labute approximate surface area is 172 Å². The van der Waals surface area contributed by atoms with Crippen molar-refractivity contribution in [2.45, 2.75) is 31.6 Å². The highest BCUT2D eigenvalue weighted by atomic mass is 32.2. The first-order valence-corrected chi connectivity index (χ1v) is 10.8. The third-order valence-electron chi connectivity index (χ3n) is 4.32. The quantitative estimate of drug-likeness (QED) is 0.542. The minimum absolute atomic E-state index is 0.0979. The van der Waals surface area contributed by atoms with Crippen molar-refractivity contribution in [3.8, 4) is 11.5 Å². The number of hydrogen-bond acceptors (Lipinski definition) is 6. The van der Waals surface area contributed by atoms with Crippen LogP contribution < -0.4 is 13.8 Å². The first-order chi connectivity index (χ1) is 13.9. The van der Waals surface area contributed by atoms with Gasteiger partial charge in [-0.2, -0.15) is 0 Å². The van der Waals surface area contributed by atoms with Gasteiger partial charge in [-0.3, -0.25) is 4.31 Å². The maximum absolute atomic E-state index is 13.4. The second kappa shape index (κ2) is 10.2. The van der Waals surface area contributed by atoms with Crippen LogP contribution in [-0.2, 0) is 14.8 Å². The summed E-state index contributed by atoms with van der Waals surface area (Å²) >= 11 is 0. The molecule has 0 aliphatic carbocycles. The lowest BCUT2D eigenvalue weighted by Gasteiger charge is -2.25. The number of methoxy groups -OCH3 is 2. The summed E-state index contributed by atoms with van der Waals surface area (Å²) in [5.74, 6) is 0.342. The third-order valence-corrected chi connectivity index (χ3v) is 6.15. The van der Waals surface area contributed by atoms with Gasteiger partial charge < -0.3 is 14.2 Å². The van der Waals surface area contributed by atoms with E-state index in [1.165, 1.54) is 30.7 Å². The number of esters is 1. The molecule has 7 nitrogen and oxygen atoms in total. The first-order valence-electron chi connectivity index (χ1n) is 9.41. The van der Waals surface area contributed by atoms with Gasteiger partial charge >= 0.3 is 5.97 Å². The summed E-state index contributed by atoms with van der Waals surface area (Å²) in [6.07, 6.45) is 1.52. The predicted octanol–water partition coefficient (Wildman–Crippen LogP) is 3.88. The molecule has 29 heavy (non-hydrogen) atoms. The van der Waals surface area contributed by atoms with Crippen molar-refractivity contribution in [3.05, 3.63) is 48.0 Å². The molecule has 0 saturated heterocycles. The van der Waals surface area contributed by atoms with Crippen LogP contribution >= 0.6 is 0 Å². The molecule has 158 valence electrons. The van der Waals surface area contributed by atoms with Crippen LogP contribution in [0.2, 0.25) is 0 Å². The van der Waals surface area contributed by atoms with Gasteiger partial charge in [0.1, 0.15) is 0 Å². The number of benzene rings is 2. The SMILES string of the molecule is CCCCN(c1ccc(C(=O)OCC)cc1)S(=O)(=O)c1ccc(OC)c(OC)c1. The lowest BCUT2D eigenvalue weighted by atomic mass is 10.2. The van der Waals surface area contributed by atoms with Crippen LogP contribution in [0.4, 0.5) is 5.69 Å². The molecule has 0 bridgehead atoms. The molecule has 0 heterocycles. The van der Waals surface area contributed by atoms with Crippen molar-refractivity contribution in [3.63, 3.8) is 0 Å². The number of sulfonamides is 1. The van der Waals surface area contributed by atoms with Crippen LogP contribution in [0.25, 0.3) is 0 Å². The zero-order chi connectivity index (χ0) is 21.4. The number of carbonyl (C=O) groups excluding carboxylic acids is 1. The maximum atomic E-state index is 13.4. The van der Waals surface area contributed by atoms with E-state index < -0.39 is 16.0 Å². The van der Waals surface area contributed by atoms with Gasteiger partial charge in [-0.05, 0) is 49.7 Å². The van der Waals surface area contributed by atoms with Crippen molar-refractivity contribution in [2.75, 3.05) is 31.7 Å². The molecule has 0 radical (unpaired) electrons. The number of ether oxygens (including phenoxy) is 3. The fraction of sp³-hybridized carbons (Fsp3) is 0.381. The van der Waals surface area contributed by atoms with Crippen molar-refractivity contribution in [2.24, 2.45) is 0 Å². The Kier molecular flexibility index (Phi) is 7.90. The van der Waals surface area contributed by atoms with Gasteiger partial charge in [0, 0.05) is 12.6 Å². The molecule has 0 aromatic heterocycles. The second-order valence-electron chi connectivity index (χ2n) is 6.21. The Morgan fingerprint density at radius 2 is 1.62 bits per heavy atom. The molecule has 0 amide bonds. The molecule has 2 aromatic rings. The van der Waals surface area contributed by atoms with E-state index in [2.05, 4.69) is 0 Å². The molecule has 2 aromatic carbocycles. The van der Waals surface area contributed by atoms with Gasteiger partial charge in [0.05, 0.1) is 37.0 Å². The lowest BCUT2D eigenvalue weighted by molar-refractivity contribution is 0.0526. The minimum atomic E-state index is -3.85. The van der Waals surface area contributed by atoms with E-state index in [9.17, 15) is 13.2 Å². The highest BCUT2D eigenvalue weighted by molar-refractivity contribution is 7.92. The van der Waals surface area contributed by atoms with E-state index in [-0.39, 0.29) is 11.5 Å². The summed E-state index contributed by atoms with van der Waals surface area (Å²) in [6, 6.07) is 10.9. The largest absolute Gasteiger partial charge is 0.493 e. The molecule has 8 heteroatoms. The van der Waals surface area contributed by atoms with Crippen molar-refractivity contribution >= 4 is 21.7 Å². The Morgan fingerprint density at radius 1 is 0.966 bits per heavy atom. The van der Waals surface area contributed by atoms with Gasteiger partial charge in [0.15, 0.2) is 11.5 Å². The summed E-state index contributed by atoms with van der Waals surface area (Å²) in [5, 5.41) is 0. The Morgan fingerprint density at radius 3 is 2.17 bits per heavy atom. The van der Waals surface area contributed by atoms with Gasteiger partial charge in [-0.25, -0.2) is 13.2 Å². The highest BCUT2D eigenvalue weighted by Crippen LogP contribution is 2.32. The van der Waals surface area contributed by atoms with E-state index in [1.807, 2.05) is 6.92 Å². The minimum Gasteiger partial charge on any atom is -0.493 e. The molecule has 0 N–H and O–H groups in total. The van der Waals surface area contributed by atoms with Gasteiger partial charge in [0.2, 0.25) is 0 Å². The summed E-state index contributed by atoms with van der Waals surface area (Å²) in [5.41, 5.74) is 0.843. The second-order valence-corrected chi connectivity index (χ2v) is 8.08. The van der Waals surface area contributed by atoms with Gasteiger partial charge in [-0.1, -0.05) is 13.3 Å². The standard InChI is InChI=1S/C21H27NO6S/c1-5-7-14-22(17-10-8-16(9-11-17)21(23)28-6-2)29(24,25)18-12-13-19(26-3)20(15-18)27-4/h8-13,15H,5-7,14H2,1-4H3. The maximum Gasteiger partial charge on any atom is 0.338 e. The van der Waals surface area contributed by atoms with Crippen molar-refractivity contribution in [1.29, 1.82) is 0 Å². The Balaban J connectivity index is 2.44. The van der Waals surface area contributed by atoms with E-state index in [0.29, 0.717) is 35.7 Å². The molecule has 0 fully saturated rings. The summed E-state index contributed by atoms with van der Waals surface area (Å²) in [4.78, 5) is 12.0. The fourth-order valence-electron chi connectivity index (χ4n) is 2.77. The Bertz CT molecular complexity index is 925. The highest BCUT2D eigenvalue weighted by Gasteiger charge is 2.26. The topological polar surface area (TPSA) is 82.1 Å². The molecule has 0 atom stereocenters. The zero-order valence-corrected chi connectivity index (χ0v) is 18.0. The molecule has 0 aliphatic rings. The first kappa shape index (κ1) is 22.5. The van der Waals surface area contributed by atoms with Crippen LogP contribution in [0, 0.1) is 0 Å². The van der Waals surface area contributed by atoms with E-state index in [1.54, 1.807) is 37.3 Å². The number of nitrogens with zero attached hydrogens (tertiary/aromatic N) is 1. The Hall–Kier alpha value is -2.74. The van der Waals surface area contributed by atoms with Crippen LogP contribution in [0.3, 0.4) is 0 Å². The smallest absolute Gasteiger partial charge is 0.338 e. The summed E-state index contributed by atoms with van der Waals surface area (Å²) in [6.45, 7) is 4.31. The normalized spacial score (nSPS) is 11.0. The van der Waals surface area contributed by atoms with Crippen molar-refractivity contribution < 1.29 is 27.4 Å². The summed E-state index contributed by atoms with van der Waals surface area (Å²) < 4.78 is 43.5. The molecule has 0 aliphatic heterocycles. The summed E-state index contributed by atoms with van der Waals surface area (Å²) in [7, 11) is -0.899. The molecular weight excluding hydrogens is 394 g/mol. The zero-order valence-electron chi connectivity index (χ0n) is 17.2. The molecular formula is C21H27NO6S. The van der Waals surface area contributed by atoms with Crippen LogP contribution in [0.5, 0.6) is 11.5 Å². The van der Waals surface area contributed by atoms with Crippen LogP contribution in [0.1, 0.15) is 37.0 Å². The number of unbranched alkanes of at least 4 members (excludes halogenated alkanes) is 1. The van der Waals surface area contributed by atoms with Crippen LogP contribution in [-0.4, -0.2) is 41.8 Å². The molecule has 0 saturated carbocycles. The molecule has 2 rings (SSSR count). The number of carbonyl (C=O) groups is 1. The van der Waals surface area contributed by atoms with Gasteiger partial charge in [-0.15, -0.1) is 0 Å². The molecule has 0 spiro atoms. The fourth-order valence-corrected chi connectivity index (χ4v) is 4.29. The average molecular weight is 422 g/mol. The third kappa shape index (κ3) is 5.20. The van der Waals surface area contributed by atoms with E-state index in [0.717, 1.165) is 6.42 Å². The average Bonchev–Trinajstić information content (AvgIpc) is 2.73. The number of anilines is 1. The monoisotopic (exact) mass is 421 g/mol. The number of rotatable bonds is 10. The van der Waals surface area contributed by atoms with E-state index in [4.69, 9.17) is 14.2 Å². The number of hydrogen-bond donors (Lipinski definition) is 0. The van der Waals surface area contributed by atoms with Crippen LogP contribution in [0.15, 0.2) is 47.4 Å².